The largest absolute Gasteiger partial charge is 0.376 e. The van der Waals surface area contributed by atoms with Crippen LogP contribution in [0.25, 0.3) is 6.08 Å². The van der Waals surface area contributed by atoms with Crippen LogP contribution in [-0.2, 0) is 19.6 Å². The third-order valence-corrected chi connectivity index (χ3v) is 6.09. The number of amides is 1. The molecule has 0 atom stereocenters. The number of piperidine rings is 1. The van der Waals surface area contributed by atoms with E-state index < -0.39 is 15.6 Å². The zero-order valence-electron chi connectivity index (χ0n) is 14.4. The molecule has 8 heteroatoms. The zero-order valence-corrected chi connectivity index (χ0v) is 15.9. The topological polar surface area (TPSA) is 75.7 Å². The lowest BCUT2D eigenvalue weighted by Gasteiger charge is -2.39. The van der Waals surface area contributed by atoms with E-state index in [-0.39, 0.29) is 5.91 Å². The first-order valence-corrected chi connectivity index (χ1v) is 10.2. The van der Waals surface area contributed by atoms with E-state index >= 15 is 0 Å². The minimum atomic E-state index is -3.19. The van der Waals surface area contributed by atoms with Gasteiger partial charge in [-0.2, -0.15) is 0 Å². The van der Waals surface area contributed by atoms with Crippen molar-refractivity contribution in [2.24, 2.45) is 0 Å². The van der Waals surface area contributed by atoms with Crippen LogP contribution in [0, 0.1) is 0 Å². The third-order valence-electron chi connectivity index (χ3n) is 4.44. The summed E-state index contributed by atoms with van der Waals surface area (Å²) in [5.74, 6) is -0.248. The number of sulfonamides is 1. The molecule has 1 N–H and O–H groups in total. The smallest absolute Gasteiger partial charge is 0.244 e. The van der Waals surface area contributed by atoms with Gasteiger partial charge < -0.3 is 10.1 Å². The van der Waals surface area contributed by atoms with Gasteiger partial charge in [-0.1, -0.05) is 29.8 Å². The summed E-state index contributed by atoms with van der Waals surface area (Å²) < 4.78 is 30.2. The van der Waals surface area contributed by atoms with Crippen LogP contribution in [0.1, 0.15) is 18.4 Å². The second kappa shape index (κ2) is 8.31. The Morgan fingerprint density at radius 2 is 2.00 bits per heavy atom. The van der Waals surface area contributed by atoms with Crippen molar-refractivity contribution in [3.05, 3.63) is 40.9 Å². The Kier molecular flexibility index (Phi) is 6.62. The number of halogens is 1. The number of nitrogens with zero attached hydrogens (tertiary/aromatic N) is 1. The van der Waals surface area contributed by atoms with Crippen molar-refractivity contribution in [1.29, 1.82) is 0 Å². The molecule has 0 spiro atoms. The highest BCUT2D eigenvalue weighted by molar-refractivity contribution is 7.88. The minimum absolute atomic E-state index is 0.248. The molecule has 0 aromatic heterocycles. The molecule has 1 aliphatic heterocycles. The molecule has 138 valence electrons. The third kappa shape index (κ3) is 5.54. The molecule has 1 heterocycles. The molecule has 1 aromatic rings. The molecule has 1 saturated heterocycles. The van der Waals surface area contributed by atoms with E-state index in [0.717, 1.165) is 5.56 Å². The van der Waals surface area contributed by atoms with E-state index in [1.54, 1.807) is 19.3 Å². The summed E-state index contributed by atoms with van der Waals surface area (Å²) in [6.07, 6.45) is 5.35. The zero-order chi connectivity index (χ0) is 18.5. The number of benzene rings is 1. The molecule has 1 fully saturated rings. The maximum absolute atomic E-state index is 12.0. The maximum Gasteiger partial charge on any atom is 0.244 e. The summed E-state index contributed by atoms with van der Waals surface area (Å²) in [5.41, 5.74) is 0.219. The van der Waals surface area contributed by atoms with Crippen molar-refractivity contribution in [3.8, 4) is 0 Å². The number of ether oxygens (including phenoxy) is 1. The second-order valence-electron chi connectivity index (χ2n) is 6.12. The number of nitrogens with one attached hydrogen (secondary N) is 1. The fourth-order valence-corrected chi connectivity index (χ4v) is 3.81. The average molecular weight is 387 g/mol. The van der Waals surface area contributed by atoms with Crippen molar-refractivity contribution in [3.63, 3.8) is 0 Å². The fourth-order valence-electron chi connectivity index (χ4n) is 2.76. The monoisotopic (exact) mass is 386 g/mol. The molecule has 0 saturated carbocycles. The highest BCUT2D eigenvalue weighted by Gasteiger charge is 2.37. The summed E-state index contributed by atoms with van der Waals surface area (Å²) in [6, 6.07) is 7.25. The lowest BCUT2D eigenvalue weighted by atomic mass is 9.92. The predicted molar refractivity (Wildman–Crippen MR) is 98.9 cm³/mol. The Hall–Kier alpha value is -1.41. The van der Waals surface area contributed by atoms with Crippen LogP contribution in [0.2, 0.25) is 5.02 Å². The Balaban J connectivity index is 1.90. The van der Waals surface area contributed by atoms with Gasteiger partial charge in [0.25, 0.3) is 0 Å². The first-order chi connectivity index (χ1) is 11.8. The van der Waals surface area contributed by atoms with Crippen LogP contribution < -0.4 is 5.32 Å². The van der Waals surface area contributed by atoms with Crippen LogP contribution >= 0.6 is 11.6 Å². The lowest BCUT2D eigenvalue weighted by molar-refractivity contribution is -0.118. The van der Waals surface area contributed by atoms with Crippen LogP contribution in [0.4, 0.5) is 0 Å². The van der Waals surface area contributed by atoms with Gasteiger partial charge in [0, 0.05) is 37.8 Å². The lowest BCUT2D eigenvalue weighted by Crippen LogP contribution is -2.52. The van der Waals surface area contributed by atoms with Crippen molar-refractivity contribution in [1.82, 2.24) is 9.62 Å². The number of rotatable bonds is 6. The van der Waals surface area contributed by atoms with Gasteiger partial charge in [0.1, 0.15) is 0 Å². The van der Waals surface area contributed by atoms with Crippen LogP contribution in [0.15, 0.2) is 30.3 Å². The predicted octanol–water partition coefficient (Wildman–Crippen LogP) is 1.91. The molecule has 6 nitrogen and oxygen atoms in total. The van der Waals surface area contributed by atoms with E-state index in [9.17, 15) is 13.2 Å². The van der Waals surface area contributed by atoms with Crippen molar-refractivity contribution in [2.45, 2.75) is 18.4 Å². The van der Waals surface area contributed by atoms with E-state index in [2.05, 4.69) is 5.32 Å². The van der Waals surface area contributed by atoms with Crippen molar-refractivity contribution >= 4 is 33.6 Å². The van der Waals surface area contributed by atoms with Gasteiger partial charge in [-0.05, 0) is 30.5 Å². The summed E-state index contributed by atoms with van der Waals surface area (Å²) in [6.45, 7) is 1.10. The average Bonchev–Trinajstić information content (AvgIpc) is 2.59. The number of methoxy groups -OCH3 is 1. The molecule has 2 rings (SSSR count). The maximum atomic E-state index is 12.0. The molecular formula is C17H23ClN2O4S. The van der Waals surface area contributed by atoms with Gasteiger partial charge in [0.2, 0.25) is 15.9 Å². The summed E-state index contributed by atoms with van der Waals surface area (Å²) in [5, 5.41) is 3.40. The van der Waals surface area contributed by atoms with Crippen LogP contribution in [-0.4, -0.2) is 57.2 Å². The molecule has 1 aliphatic rings. The molecule has 1 aromatic carbocycles. The first kappa shape index (κ1) is 19.9. The molecule has 0 unspecified atom stereocenters. The molecule has 0 aliphatic carbocycles. The summed E-state index contributed by atoms with van der Waals surface area (Å²) in [7, 11) is -1.61. The molecular weight excluding hydrogens is 364 g/mol. The quantitative estimate of drug-likeness (QED) is 0.758. The normalized spacial score (nSPS) is 18.4. The fraction of sp³-hybridized carbons (Fsp3) is 0.471. The van der Waals surface area contributed by atoms with Crippen molar-refractivity contribution < 1.29 is 17.9 Å². The van der Waals surface area contributed by atoms with Gasteiger partial charge >= 0.3 is 0 Å². The highest BCUT2D eigenvalue weighted by atomic mass is 35.5. The molecule has 0 bridgehead atoms. The second-order valence-corrected chi connectivity index (χ2v) is 8.51. The first-order valence-electron chi connectivity index (χ1n) is 7.96. The number of hydrogen-bond acceptors (Lipinski definition) is 4. The van der Waals surface area contributed by atoms with E-state index in [1.807, 2.05) is 18.2 Å². The summed E-state index contributed by atoms with van der Waals surface area (Å²) >= 11 is 6.04. The Morgan fingerprint density at radius 3 is 2.56 bits per heavy atom. The van der Waals surface area contributed by atoms with E-state index in [0.29, 0.717) is 37.5 Å². The standard InChI is InChI=1S/C17H23ClN2O4S/c1-24-17(9-11-20(12-10-17)25(2,22)23)13-19-16(21)8-7-14-5-3-4-6-15(14)18/h3-8H,9-13H2,1-2H3,(H,19,21)/b8-7+. The van der Waals surface area contributed by atoms with Gasteiger partial charge in [0.05, 0.1) is 11.9 Å². The Labute approximate surface area is 153 Å². The van der Waals surface area contributed by atoms with E-state index in [4.69, 9.17) is 16.3 Å². The van der Waals surface area contributed by atoms with Crippen molar-refractivity contribution in [2.75, 3.05) is 33.0 Å². The number of carbonyl (C=O) groups excluding carboxylic acids is 1. The molecule has 0 radical (unpaired) electrons. The van der Waals surface area contributed by atoms with Gasteiger partial charge in [-0.15, -0.1) is 0 Å². The number of hydrogen-bond donors (Lipinski definition) is 1. The van der Waals surface area contributed by atoms with Crippen LogP contribution in [0.3, 0.4) is 0 Å². The Morgan fingerprint density at radius 1 is 1.36 bits per heavy atom. The Bertz CT molecular complexity index is 741. The van der Waals surface area contributed by atoms with E-state index in [1.165, 1.54) is 16.6 Å². The summed E-state index contributed by atoms with van der Waals surface area (Å²) in [4.78, 5) is 12.0. The van der Waals surface area contributed by atoms with Crippen LogP contribution in [0.5, 0.6) is 0 Å². The molecule has 25 heavy (non-hydrogen) atoms. The number of carbonyl (C=O) groups is 1. The SMILES string of the molecule is COC1(CNC(=O)/C=C/c2ccccc2Cl)CCN(S(C)(=O)=O)CC1. The van der Waals surface area contributed by atoms with Gasteiger partial charge in [-0.25, -0.2) is 12.7 Å². The molecule has 1 amide bonds. The minimum Gasteiger partial charge on any atom is -0.376 e. The highest BCUT2D eigenvalue weighted by Crippen LogP contribution is 2.26. The van der Waals surface area contributed by atoms with Gasteiger partial charge in [0.15, 0.2) is 0 Å². The van der Waals surface area contributed by atoms with Gasteiger partial charge in [-0.3, -0.25) is 4.79 Å².